The number of pyridine rings is 1. The smallest absolute Gasteiger partial charge is 0.372 e. The van der Waals surface area contributed by atoms with Gasteiger partial charge in [-0.1, -0.05) is 6.07 Å². The highest BCUT2D eigenvalue weighted by molar-refractivity contribution is 7.13. The molecule has 0 saturated heterocycles. The first kappa shape index (κ1) is 15.1. The van der Waals surface area contributed by atoms with Crippen LogP contribution < -0.4 is 0 Å². The van der Waals surface area contributed by atoms with Gasteiger partial charge in [0.2, 0.25) is 5.78 Å². The molecule has 3 aromatic rings. The Labute approximate surface area is 135 Å². The number of fused-ring (bicyclic) bond motifs is 1. The van der Waals surface area contributed by atoms with Crippen molar-refractivity contribution in [2.75, 3.05) is 0 Å². The maximum absolute atomic E-state index is 12.5. The largest absolute Gasteiger partial charge is 0.475 e. The van der Waals surface area contributed by atoms with Crippen molar-refractivity contribution in [3.05, 3.63) is 47.1 Å². The number of imidazole rings is 1. The minimum absolute atomic E-state index is 0.233. The Morgan fingerprint density at radius 2 is 2.09 bits per heavy atom. The number of nitrogens with zero attached hydrogens (tertiary/aromatic N) is 2. The molecule has 6 nitrogen and oxygen atoms in total. The SMILES string of the molecule is Cc1csc(-c2nc3ccccn3c2C(=O)CC(=O)C(=O)O)c1. The zero-order valence-electron chi connectivity index (χ0n) is 12.1. The van der Waals surface area contributed by atoms with Crippen molar-refractivity contribution in [3.63, 3.8) is 0 Å². The zero-order valence-corrected chi connectivity index (χ0v) is 13.0. The number of hydrogen-bond donors (Lipinski definition) is 1. The molecule has 0 atom stereocenters. The van der Waals surface area contributed by atoms with E-state index < -0.39 is 24.0 Å². The van der Waals surface area contributed by atoms with E-state index in [2.05, 4.69) is 4.98 Å². The van der Waals surface area contributed by atoms with Gasteiger partial charge in [-0.2, -0.15) is 0 Å². The van der Waals surface area contributed by atoms with Gasteiger partial charge in [0.05, 0.1) is 11.3 Å². The molecule has 0 bridgehead atoms. The summed E-state index contributed by atoms with van der Waals surface area (Å²) < 4.78 is 1.59. The normalized spacial score (nSPS) is 10.8. The van der Waals surface area contributed by atoms with E-state index in [0.717, 1.165) is 10.4 Å². The summed E-state index contributed by atoms with van der Waals surface area (Å²) in [6, 6.07) is 7.19. The van der Waals surface area contributed by atoms with Crippen molar-refractivity contribution in [1.82, 2.24) is 9.38 Å². The Hall–Kier alpha value is -2.80. The van der Waals surface area contributed by atoms with Crippen LogP contribution in [0.4, 0.5) is 0 Å². The maximum Gasteiger partial charge on any atom is 0.372 e. The molecule has 0 amide bonds. The predicted octanol–water partition coefficient (Wildman–Crippen LogP) is 2.60. The summed E-state index contributed by atoms with van der Waals surface area (Å²) in [6.45, 7) is 1.94. The third kappa shape index (κ3) is 2.78. The number of aliphatic carboxylic acids is 1. The summed E-state index contributed by atoms with van der Waals surface area (Å²) in [4.78, 5) is 39.9. The number of carbonyl (C=O) groups is 3. The van der Waals surface area contributed by atoms with Crippen LogP contribution in [0.15, 0.2) is 35.8 Å². The van der Waals surface area contributed by atoms with Crippen molar-refractivity contribution < 1.29 is 19.5 Å². The second kappa shape index (κ2) is 5.77. The number of aromatic nitrogens is 2. The quantitative estimate of drug-likeness (QED) is 0.442. The Morgan fingerprint density at radius 3 is 2.74 bits per heavy atom. The molecule has 0 saturated carbocycles. The van der Waals surface area contributed by atoms with Gasteiger partial charge in [-0.15, -0.1) is 11.3 Å². The monoisotopic (exact) mass is 328 g/mol. The lowest BCUT2D eigenvalue weighted by atomic mass is 10.1. The van der Waals surface area contributed by atoms with E-state index in [0.29, 0.717) is 11.3 Å². The van der Waals surface area contributed by atoms with E-state index in [4.69, 9.17) is 5.11 Å². The summed E-state index contributed by atoms with van der Waals surface area (Å²) in [5.41, 5.74) is 2.32. The van der Waals surface area contributed by atoms with E-state index in [1.807, 2.05) is 18.4 Å². The van der Waals surface area contributed by atoms with Gasteiger partial charge in [0.25, 0.3) is 0 Å². The van der Waals surface area contributed by atoms with Crippen LogP contribution in [0.2, 0.25) is 0 Å². The Balaban J connectivity index is 2.15. The number of carboxylic acid groups (broad SMARTS) is 1. The molecule has 0 radical (unpaired) electrons. The van der Waals surface area contributed by atoms with Crippen molar-refractivity contribution in [2.24, 2.45) is 0 Å². The molecule has 0 aliphatic rings. The van der Waals surface area contributed by atoms with Crippen molar-refractivity contribution in [1.29, 1.82) is 0 Å². The van der Waals surface area contributed by atoms with Gasteiger partial charge in [0, 0.05) is 6.20 Å². The minimum Gasteiger partial charge on any atom is -0.475 e. The summed E-state index contributed by atoms with van der Waals surface area (Å²) in [7, 11) is 0. The summed E-state index contributed by atoms with van der Waals surface area (Å²) >= 11 is 1.45. The van der Waals surface area contributed by atoms with E-state index in [9.17, 15) is 14.4 Å². The van der Waals surface area contributed by atoms with Gasteiger partial charge in [-0.25, -0.2) is 9.78 Å². The molecule has 23 heavy (non-hydrogen) atoms. The Kier molecular flexibility index (Phi) is 3.79. The van der Waals surface area contributed by atoms with Crippen LogP contribution in [0.25, 0.3) is 16.2 Å². The molecule has 7 heteroatoms. The summed E-state index contributed by atoms with van der Waals surface area (Å²) in [6.07, 6.45) is 0.986. The Bertz CT molecular complexity index is 939. The van der Waals surface area contributed by atoms with E-state index in [1.165, 1.54) is 11.3 Å². The lowest BCUT2D eigenvalue weighted by molar-refractivity contribution is -0.148. The number of rotatable bonds is 5. The van der Waals surface area contributed by atoms with Gasteiger partial charge in [0.1, 0.15) is 17.0 Å². The highest BCUT2D eigenvalue weighted by Gasteiger charge is 2.25. The van der Waals surface area contributed by atoms with Crippen LogP contribution in [0.5, 0.6) is 0 Å². The number of carbonyl (C=O) groups excluding carboxylic acids is 2. The molecule has 3 rings (SSSR count). The molecule has 0 aliphatic heterocycles. The third-order valence-corrected chi connectivity index (χ3v) is 4.37. The molecule has 116 valence electrons. The zero-order chi connectivity index (χ0) is 16.6. The van der Waals surface area contributed by atoms with Crippen LogP contribution in [-0.4, -0.2) is 32.0 Å². The molecular formula is C16H12N2O4S. The van der Waals surface area contributed by atoms with Crippen LogP contribution in [0.3, 0.4) is 0 Å². The highest BCUT2D eigenvalue weighted by Crippen LogP contribution is 2.30. The molecule has 1 N–H and O–H groups in total. The topological polar surface area (TPSA) is 88.7 Å². The molecule has 3 heterocycles. The van der Waals surface area contributed by atoms with Gasteiger partial charge in [0.15, 0.2) is 5.78 Å². The number of hydrogen-bond acceptors (Lipinski definition) is 5. The summed E-state index contributed by atoms with van der Waals surface area (Å²) in [5, 5.41) is 10.6. The van der Waals surface area contributed by atoms with Crippen LogP contribution >= 0.6 is 11.3 Å². The fourth-order valence-electron chi connectivity index (χ4n) is 2.29. The fraction of sp³-hybridized carbons (Fsp3) is 0.125. The van der Waals surface area contributed by atoms with Gasteiger partial charge < -0.3 is 5.11 Å². The van der Waals surface area contributed by atoms with Crippen molar-refractivity contribution >= 4 is 34.5 Å². The first-order chi connectivity index (χ1) is 11.0. The molecule has 0 spiro atoms. The highest BCUT2D eigenvalue weighted by atomic mass is 32.1. The lowest BCUT2D eigenvalue weighted by Gasteiger charge is -2.02. The van der Waals surface area contributed by atoms with Gasteiger partial charge in [-0.05, 0) is 36.1 Å². The molecule has 0 unspecified atom stereocenters. The molecule has 0 fully saturated rings. The molecule has 0 aliphatic carbocycles. The average molecular weight is 328 g/mol. The second-order valence-corrected chi connectivity index (χ2v) is 5.97. The fourth-order valence-corrected chi connectivity index (χ4v) is 3.18. The van der Waals surface area contributed by atoms with Gasteiger partial charge >= 0.3 is 5.97 Å². The standard InChI is InChI=1S/C16H12N2O4S/c1-9-6-12(23-8-9)14-15(10(19)7-11(20)16(21)22)18-5-3-2-4-13(18)17-14/h2-6,8H,7H2,1H3,(H,21,22). The van der Waals surface area contributed by atoms with Crippen LogP contribution in [-0.2, 0) is 9.59 Å². The Morgan fingerprint density at radius 1 is 1.30 bits per heavy atom. The van der Waals surface area contributed by atoms with Crippen molar-refractivity contribution in [3.8, 4) is 10.6 Å². The van der Waals surface area contributed by atoms with E-state index in [-0.39, 0.29) is 5.69 Å². The summed E-state index contributed by atoms with van der Waals surface area (Å²) in [5.74, 6) is -3.30. The number of thiophene rings is 1. The number of carboxylic acids is 1. The lowest BCUT2D eigenvalue weighted by Crippen LogP contribution is -2.18. The number of Topliss-reactive ketones (excluding diaryl/α,β-unsaturated/α-hetero) is 2. The minimum atomic E-state index is -1.61. The average Bonchev–Trinajstić information content (AvgIpc) is 3.10. The van der Waals surface area contributed by atoms with E-state index >= 15 is 0 Å². The molecular weight excluding hydrogens is 316 g/mol. The first-order valence-electron chi connectivity index (χ1n) is 6.79. The number of aryl methyl sites for hydroxylation is 1. The van der Waals surface area contributed by atoms with Crippen LogP contribution in [0.1, 0.15) is 22.5 Å². The second-order valence-electron chi connectivity index (χ2n) is 5.05. The first-order valence-corrected chi connectivity index (χ1v) is 7.67. The van der Waals surface area contributed by atoms with Crippen LogP contribution in [0, 0.1) is 6.92 Å². The predicted molar refractivity (Wildman–Crippen MR) is 84.8 cm³/mol. The van der Waals surface area contributed by atoms with E-state index in [1.54, 1.807) is 28.8 Å². The molecule has 3 aromatic heterocycles. The maximum atomic E-state index is 12.5. The molecule has 0 aromatic carbocycles. The van der Waals surface area contributed by atoms with Crippen molar-refractivity contribution in [2.45, 2.75) is 13.3 Å². The van der Waals surface area contributed by atoms with Gasteiger partial charge in [-0.3, -0.25) is 14.0 Å². The third-order valence-electron chi connectivity index (χ3n) is 3.32. The number of ketones is 2.